The van der Waals surface area contributed by atoms with E-state index in [1.54, 1.807) is 17.4 Å². The van der Waals surface area contributed by atoms with E-state index in [9.17, 15) is 4.79 Å². The maximum absolute atomic E-state index is 11.0. The summed E-state index contributed by atoms with van der Waals surface area (Å²) in [7, 11) is 0. The predicted octanol–water partition coefficient (Wildman–Crippen LogP) is 3.48. The molecular formula is C12H10O2S. The van der Waals surface area contributed by atoms with E-state index < -0.39 is 5.97 Å². The third-order valence-corrected chi connectivity index (χ3v) is 4.12. The highest BCUT2D eigenvalue weighted by molar-refractivity contribution is 7.19. The Morgan fingerprint density at radius 2 is 2.20 bits per heavy atom. The van der Waals surface area contributed by atoms with Crippen LogP contribution >= 0.6 is 11.3 Å². The normalized spacial score (nSPS) is 15.7. The van der Waals surface area contributed by atoms with Gasteiger partial charge in [0.15, 0.2) is 0 Å². The Balaban J connectivity index is 2.23. The first kappa shape index (κ1) is 8.92. The SMILES string of the molecule is O=C(O)c1cccc2cc(C3CC3)sc12. The molecule has 0 saturated heterocycles. The van der Waals surface area contributed by atoms with Gasteiger partial charge in [0.1, 0.15) is 0 Å². The summed E-state index contributed by atoms with van der Waals surface area (Å²) in [6.45, 7) is 0. The highest BCUT2D eigenvalue weighted by Gasteiger charge is 2.26. The van der Waals surface area contributed by atoms with Gasteiger partial charge < -0.3 is 5.11 Å². The van der Waals surface area contributed by atoms with Crippen LogP contribution in [0.25, 0.3) is 10.1 Å². The first-order valence-corrected chi connectivity index (χ1v) is 5.83. The van der Waals surface area contributed by atoms with Crippen LogP contribution in [0.2, 0.25) is 0 Å². The molecule has 76 valence electrons. The highest BCUT2D eigenvalue weighted by Crippen LogP contribution is 2.45. The lowest BCUT2D eigenvalue weighted by atomic mass is 10.1. The van der Waals surface area contributed by atoms with Gasteiger partial charge in [0, 0.05) is 9.58 Å². The lowest BCUT2D eigenvalue weighted by Gasteiger charge is -1.94. The molecule has 2 aromatic rings. The molecule has 1 aliphatic rings. The first-order valence-electron chi connectivity index (χ1n) is 5.01. The Bertz CT molecular complexity index is 538. The lowest BCUT2D eigenvalue weighted by molar-refractivity contribution is 0.0699. The molecule has 0 amide bonds. The Kier molecular flexibility index (Phi) is 1.83. The van der Waals surface area contributed by atoms with Crippen molar-refractivity contribution in [3.8, 4) is 0 Å². The molecule has 0 bridgehead atoms. The zero-order chi connectivity index (χ0) is 10.4. The molecule has 1 N–H and O–H groups in total. The number of benzene rings is 1. The molecule has 0 radical (unpaired) electrons. The molecule has 1 aliphatic carbocycles. The molecule has 2 nitrogen and oxygen atoms in total. The Labute approximate surface area is 91.2 Å². The molecule has 0 atom stereocenters. The summed E-state index contributed by atoms with van der Waals surface area (Å²) in [5.74, 6) is -0.131. The third kappa shape index (κ3) is 1.43. The second-order valence-corrected chi connectivity index (χ2v) is 5.04. The molecule has 0 aliphatic heterocycles. The first-order chi connectivity index (χ1) is 7.25. The van der Waals surface area contributed by atoms with Crippen molar-refractivity contribution in [3.63, 3.8) is 0 Å². The van der Waals surface area contributed by atoms with Gasteiger partial charge in [-0.25, -0.2) is 4.79 Å². The van der Waals surface area contributed by atoms with E-state index in [-0.39, 0.29) is 0 Å². The standard InChI is InChI=1S/C12H10O2S/c13-12(14)9-3-1-2-8-6-10(7-4-5-7)15-11(8)9/h1-3,6-7H,4-5H2,(H,13,14). The number of thiophene rings is 1. The van der Waals surface area contributed by atoms with Crippen LogP contribution in [0.1, 0.15) is 34.0 Å². The summed E-state index contributed by atoms with van der Waals surface area (Å²) in [6.07, 6.45) is 2.52. The van der Waals surface area contributed by atoms with Crippen molar-refractivity contribution in [1.82, 2.24) is 0 Å². The van der Waals surface area contributed by atoms with Gasteiger partial charge in [-0.3, -0.25) is 0 Å². The molecule has 0 spiro atoms. The van der Waals surface area contributed by atoms with Crippen LogP contribution in [0.4, 0.5) is 0 Å². The van der Waals surface area contributed by atoms with Gasteiger partial charge in [-0.2, -0.15) is 0 Å². The van der Waals surface area contributed by atoms with Gasteiger partial charge in [-0.05, 0) is 36.3 Å². The van der Waals surface area contributed by atoms with Crippen molar-refractivity contribution in [2.24, 2.45) is 0 Å². The van der Waals surface area contributed by atoms with Gasteiger partial charge >= 0.3 is 5.97 Å². The maximum Gasteiger partial charge on any atom is 0.337 e. The third-order valence-electron chi connectivity index (χ3n) is 2.77. The summed E-state index contributed by atoms with van der Waals surface area (Å²) in [5, 5.41) is 10.1. The van der Waals surface area contributed by atoms with Crippen LogP contribution < -0.4 is 0 Å². The van der Waals surface area contributed by atoms with Crippen LogP contribution in [0.3, 0.4) is 0 Å². The molecule has 1 fully saturated rings. The number of carboxylic acids is 1. The Morgan fingerprint density at radius 3 is 2.87 bits per heavy atom. The number of carbonyl (C=O) groups is 1. The van der Waals surface area contributed by atoms with E-state index in [0.717, 1.165) is 10.1 Å². The van der Waals surface area contributed by atoms with Crippen LogP contribution in [-0.2, 0) is 0 Å². The Hall–Kier alpha value is -1.35. The number of carboxylic acid groups (broad SMARTS) is 1. The smallest absolute Gasteiger partial charge is 0.337 e. The van der Waals surface area contributed by atoms with E-state index in [1.807, 2.05) is 12.1 Å². The van der Waals surface area contributed by atoms with E-state index in [0.29, 0.717) is 11.5 Å². The highest BCUT2D eigenvalue weighted by atomic mass is 32.1. The summed E-state index contributed by atoms with van der Waals surface area (Å²) in [5.41, 5.74) is 0.435. The van der Waals surface area contributed by atoms with E-state index >= 15 is 0 Å². The average molecular weight is 218 g/mol. The monoisotopic (exact) mass is 218 g/mol. The topological polar surface area (TPSA) is 37.3 Å². The number of hydrogen-bond donors (Lipinski definition) is 1. The summed E-state index contributed by atoms with van der Waals surface area (Å²) >= 11 is 1.64. The summed E-state index contributed by atoms with van der Waals surface area (Å²) in [4.78, 5) is 12.4. The second-order valence-electron chi connectivity index (χ2n) is 3.95. The molecule has 3 rings (SSSR count). The number of rotatable bonds is 2. The number of aromatic carboxylic acids is 1. The van der Waals surface area contributed by atoms with Crippen molar-refractivity contribution in [2.45, 2.75) is 18.8 Å². The van der Waals surface area contributed by atoms with Gasteiger partial charge in [0.2, 0.25) is 0 Å². The Morgan fingerprint density at radius 1 is 1.40 bits per heavy atom. The molecule has 1 heterocycles. The van der Waals surface area contributed by atoms with Crippen molar-refractivity contribution in [1.29, 1.82) is 0 Å². The minimum absolute atomic E-state index is 0.435. The van der Waals surface area contributed by atoms with E-state index in [2.05, 4.69) is 6.07 Å². The number of fused-ring (bicyclic) bond motifs is 1. The summed E-state index contributed by atoms with van der Waals surface area (Å²) in [6, 6.07) is 7.63. The van der Waals surface area contributed by atoms with Gasteiger partial charge in [0.25, 0.3) is 0 Å². The zero-order valence-corrected chi connectivity index (χ0v) is 8.88. The van der Waals surface area contributed by atoms with Crippen LogP contribution in [-0.4, -0.2) is 11.1 Å². The van der Waals surface area contributed by atoms with Crippen molar-refractivity contribution < 1.29 is 9.90 Å². The van der Waals surface area contributed by atoms with E-state index in [1.165, 1.54) is 17.7 Å². The molecular weight excluding hydrogens is 208 g/mol. The van der Waals surface area contributed by atoms with Crippen LogP contribution in [0, 0.1) is 0 Å². The van der Waals surface area contributed by atoms with Crippen LogP contribution in [0.5, 0.6) is 0 Å². The fourth-order valence-corrected chi connectivity index (χ4v) is 3.15. The summed E-state index contributed by atoms with van der Waals surface area (Å²) < 4.78 is 0.923. The van der Waals surface area contributed by atoms with Crippen molar-refractivity contribution in [2.75, 3.05) is 0 Å². The largest absolute Gasteiger partial charge is 0.478 e. The van der Waals surface area contributed by atoms with Crippen molar-refractivity contribution in [3.05, 3.63) is 34.7 Å². The van der Waals surface area contributed by atoms with Gasteiger partial charge in [-0.1, -0.05) is 12.1 Å². The fraction of sp³-hybridized carbons (Fsp3) is 0.250. The number of hydrogen-bond acceptors (Lipinski definition) is 2. The van der Waals surface area contributed by atoms with Gasteiger partial charge in [-0.15, -0.1) is 11.3 Å². The van der Waals surface area contributed by atoms with Crippen LogP contribution in [0.15, 0.2) is 24.3 Å². The molecule has 1 aromatic heterocycles. The predicted molar refractivity (Wildman–Crippen MR) is 60.8 cm³/mol. The zero-order valence-electron chi connectivity index (χ0n) is 8.06. The molecule has 15 heavy (non-hydrogen) atoms. The minimum Gasteiger partial charge on any atom is -0.478 e. The molecule has 1 aromatic carbocycles. The lowest BCUT2D eigenvalue weighted by Crippen LogP contribution is -1.94. The molecule has 0 unspecified atom stereocenters. The molecule has 1 saturated carbocycles. The second kappa shape index (κ2) is 3.07. The van der Waals surface area contributed by atoms with E-state index in [4.69, 9.17) is 5.11 Å². The average Bonchev–Trinajstić information content (AvgIpc) is 2.96. The maximum atomic E-state index is 11.0. The molecule has 3 heteroatoms. The minimum atomic E-state index is -0.829. The van der Waals surface area contributed by atoms with Gasteiger partial charge in [0.05, 0.1) is 5.56 Å². The quantitative estimate of drug-likeness (QED) is 0.837. The fourth-order valence-electron chi connectivity index (χ4n) is 1.82. The van der Waals surface area contributed by atoms with Crippen molar-refractivity contribution >= 4 is 27.4 Å².